The van der Waals surface area contributed by atoms with Gasteiger partial charge in [-0.05, 0) is 59.7 Å². The number of nitrogens with one attached hydrogen (secondary N) is 1. The van der Waals surface area contributed by atoms with Crippen molar-refractivity contribution in [3.8, 4) is 18.1 Å². The molecule has 4 aliphatic carbocycles. The smallest absolute Gasteiger partial charge is 0.299 e. The molecule has 4 saturated carbocycles. The van der Waals surface area contributed by atoms with Gasteiger partial charge in [0.05, 0.1) is 13.2 Å². The zero-order valence-electron chi connectivity index (χ0n) is 23.2. The van der Waals surface area contributed by atoms with E-state index in [1.807, 2.05) is 47.4 Å². The van der Waals surface area contributed by atoms with Crippen LogP contribution in [0.15, 0.2) is 42.5 Å². The molecule has 7 rings (SSSR count). The third-order valence-electron chi connectivity index (χ3n) is 9.52. The van der Waals surface area contributed by atoms with Crippen LogP contribution in [0.3, 0.4) is 0 Å². The van der Waals surface area contributed by atoms with Gasteiger partial charge in [-0.15, -0.1) is 6.42 Å². The average molecular weight is 551 g/mol. The van der Waals surface area contributed by atoms with Gasteiger partial charge in [-0.25, -0.2) is 13.2 Å². The lowest BCUT2D eigenvalue weighted by molar-refractivity contribution is -0.183. The van der Waals surface area contributed by atoms with Crippen molar-refractivity contribution in [3.05, 3.63) is 59.2 Å². The lowest BCUT2D eigenvalue weighted by Crippen LogP contribution is -2.70. The van der Waals surface area contributed by atoms with Crippen LogP contribution in [0.4, 0.5) is 18.9 Å². The number of alkyl halides is 3. The lowest BCUT2D eigenvalue weighted by Gasteiger charge is -2.63. The number of carbonyl (C=O) groups excluding carboxylic acids is 1. The van der Waals surface area contributed by atoms with Crippen LogP contribution in [-0.4, -0.2) is 46.5 Å². The predicted molar refractivity (Wildman–Crippen MR) is 150 cm³/mol. The molecule has 4 fully saturated rings. The summed E-state index contributed by atoms with van der Waals surface area (Å²) in [6, 6.07) is 13.1. The summed E-state index contributed by atoms with van der Waals surface area (Å²) in [6.45, 7) is 2.13. The van der Waals surface area contributed by atoms with Crippen LogP contribution >= 0.6 is 0 Å². The third-order valence-corrected chi connectivity index (χ3v) is 9.52. The summed E-state index contributed by atoms with van der Waals surface area (Å²) in [5.74, 6) is 2.76. The predicted octanol–water partition coefficient (Wildman–Crippen LogP) is 7.02. The number of unbranched alkanes of at least 4 members (excludes halogenated alkanes) is 1. The van der Waals surface area contributed by atoms with Crippen molar-refractivity contribution < 1.29 is 22.7 Å². The average Bonchev–Trinajstić information content (AvgIpc) is 2.87. The maximum absolute atomic E-state index is 15.5. The van der Waals surface area contributed by atoms with E-state index in [0.29, 0.717) is 12.1 Å². The molecule has 4 nitrogen and oxygen atoms in total. The number of carbonyl (C=O) groups is 1. The van der Waals surface area contributed by atoms with Gasteiger partial charge in [0, 0.05) is 55.8 Å². The summed E-state index contributed by atoms with van der Waals surface area (Å²) in [7, 11) is 1.64. The fraction of sp³-hybridized carbons (Fsp3) is 0.545. The van der Waals surface area contributed by atoms with Crippen LogP contribution in [0, 0.1) is 12.3 Å². The number of amides is 1. The second-order valence-electron chi connectivity index (χ2n) is 12.9. The Bertz CT molecular complexity index is 1300. The summed E-state index contributed by atoms with van der Waals surface area (Å²) in [5.41, 5.74) is -2.72. The standard InChI is InChI=1S/C33H37F3N2O2/c1-4-6-7-25-14-23-15-26(40-3)12-13-27(23)29(38(25)28(39)5-2)22-8-10-24(11-9-22)37-33-19-30(34)16-31(35,20-33)18-32(36,17-30)21-33/h2,8-13,15,25,29,37H,4,6-7,14,16-21H2,1,3H3/t25-,29-,30?,31?,32?,33?/m0/s1. The molecule has 0 radical (unpaired) electrons. The number of halogens is 3. The number of hydrogen-bond acceptors (Lipinski definition) is 3. The summed E-state index contributed by atoms with van der Waals surface area (Å²) < 4.78 is 52.0. The fourth-order valence-corrected chi connectivity index (χ4v) is 8.70. The maximum Gasteiger partial charge on any atom is 0.299 e. The molecule has 40 heavy (non-hydrogen) atoms. The van der Waals surface area contributed by atoms with Crippen LogP contribution in [-0.2, 0) is 11.2 Å². The second kappa shape index (κ2) is 9.46. The zero-order valence-corrected chi connectivity index (χ0v) is 23.2. The summed E-state index contributed by atoms with van der Waals surface area (Å²) in [6.07, 6.45) is 8.87. The van der Waals surface area contributed by atoms with Crippen LogP contribution in [0.2, 0.25) is 0 Å². The first-order valence-corrected chi connectivity index (χ1v) is 14.4. The largest absolute Gasteiger partial charge is 0.497 e. The summed E-state index contributed by atoms with van der Waals surface area (Å²) in [5, 5.41) is 3.36. The molecule has 0 aromatic heterocycles. The highest BCUT2D eigenvalue weighted by atomic mass is 19.2. The number of anilines is 1. The minimum Gasteiger partial charge on any atom is -0.497 e. The Balaban J connectivity index is 1.33. The molecule has 2 aromatic rings. The maximum atomic E-state index is 15.5. The van der Waals surface area contributed by atoms with Gasteiger partial charge in [-0.3, -0.25) is 4.79 Å². The molecule has 212 valence electrons. The van der Waals surface area contributed by atoms with E-state index in [0.717, 1.165) is 41.7 Å². The number of hydrogen-bond donors (Lipinski definition) is 1. The molecule has 7 heteroatoms. The molecule has 0 spiro atoms. The highest BCUT2D eigenvalue weighted by Gasteiger charge is 2.70. The third kappa shape index (κ3) is 4.63. The number of methoxy groups -OCH3 is 1. The first-order chi connectivity index (χ1) is 19.0. The zero-order chi connectivity index (χ0) is 28.3. The van der Waals surface area contributed by atoms with Crippen LogP contribution < -0.4 is 10.1 Å². The van der Waals surface area contributed by atoms with Crippen molar-refractivity contribution in [2.24, 2.45) is 0 Å². The molecule has 1 aliphatic heterocycles. The molecule has 1 N–H and O–H groups in total. The highest BCUT2D eigenvalue weighted by molar-refractivity contribution is 5.94. The Kier molecular flexibility index (Phi) is 6.40. The molecule has 1 heterocycles. The Morgan fingerprint density at radius 3 is 2.20 bits per heavy atom. The van der Waals surface area contributed by atoms with E-state index in [9.17, 15) is 4.79 Å². The van der Waals surface area contributed by atoms with E-state index in [2.05, 4.69) is 18.2 Å². The van der Waals surface area contributed by atoms with E-state index < -0.39 is 22.5 Å². The number of rotatable bonds is 7. The summed E-state index contributed by atoms with van der Waals surface area (Å²) in [4.78, 5) is 15.0. The van der Waals surface area contributed by atoms with Crippen LogP contribution in [0.25, 0.3) is 0 Å². The number of terminal acetylenes is 1. The molecule has 0 saturated heterocycles. The first kappa shape index (κ1) is 27.1. The van der Waals surface area contributed by atoms with E-state index in [1.54, 1.807) is 7.11 Å². The quantitative estimate of drug-likeness (QED) is 0.377. The molecule has 2 atom stereocenters. The normalized spacial score (nSPS) is 35.6. The van der Waals surface area contributed by atoms with Gasteiger partial charge in [0.25, 0.3) is 5.91 Å². The molecule has 0 unspecified atom stereocenters. The van der Waals surface area contributed by atoms with E-state index in [4.69, 9.17) is 11.2 Å². The second-order valence-corrected chi connectivity index (χ2v) is 12.9. The minimum absolute atomic E-state index is 0.0554. The Labute approximate surface area is 234 Å². The number of nitrogens with zero attached hydrogens (tertiary/aromatic N) is 1. The van der Waals surface area contributed by atoms with Crippen LogP contribution in [0.1, 0.15) is 87.4 Å². The molecular formula is C33H37F3N2O2. The highest BCUT2D eigenvalue weighted by Crippen LogP contribution is 2.65. The van der Waals surface area contributed by atoms with Gasteiger partial charge in [0.2, 0.25) is 0 Å². The summed E-state index contributed by atoms with van der Waals surface area (Å²) >= 11 is 0. The van der Waals surface area contributed by atoms with Crippen molar-refractivity contribution in [3.63, 3.8) is 0 Å². The van der Waals surface area contributed by atoms with Gasteiger partial charge in [-0.2, -0.15) is 0 Å². The molecule has 2 aromatic carbocycles. The van der Waals surface area contributed by atoms with Gasteiger partial charge >= 0.3 is 0 Å². The fourth-order valence-electron chi connectivity index (χ4n) is 8.70. The molecular weight excluding hydrogens is 513 g/mol. The lowest BCUT2D eigenvalue weighted by atomic mass is 9.49. The van der Waals surface area contributed by atoms with Crippen LogP contribution in [0.5, 0.6) is 5.75 Å². The topological polar surface area (TPSA) is 41.6 Å². The minimum atomic E-state index is -1.82. The van der Waals surface area contributed by atoms with Gasteiger partial charge in [-0.1, -0.05) is 38.0 Å². The monoisotopic (exact) mass is 550 g/mol. The van der Waals surface area contributed by atoms with E-state index in [-0.39, 0.29) is 56.5 Å². The van der Waals surface area contributed by atoms with E-state index in [1.165, 1.54) is 0 Å². The first-order valence-electron chi connectivity index (χ1n) is 14.4. The van der Waals surface area contributed by atoms with E-state index >= 15 is 13.2 Å². The van der Waals surface area contributed by atoms with Crippen molar-refractivity contribution in [2.75, 3.05) is 12.4 Å². The van der Waals surface area contributed by atoms with Crippen molar-refractivity contribution in [2.45, 2.75) is 106 Å². The van der Waals surface area contributed by atoms with Crippen molar-refractivity contribution in [1.29, 1.82) is 0 Å². The SMILES string of the molecule is C#CC(=O)N1[C@@H](CCCC)Cc2cc(OC)ccc2[C@@H]1c1ccc(NC23CC4(F)CC(F)(CC(F)(C4)C2)C3)cc1. The number of fused-ring (bicyclic) bond motifs is 1. The molecule has 1 amide bonds. The van der Waals surface area contributed by atoms with Gasteiger partial charge in [0.15, 0.2) is 0 Å². The molecule has 5 aliphatic rings. The number of benzene rings is 2. The Hall–Kier alpha value is -3.14. The Morgan fingerprint density at radius 1 is 1.02 bits per heavy atom. The van der Waals surface area contributed by atoms with Crippen molar-refractivity contribution >= 4 is 11.6 Å². The van der Waals surface area contributed by atoms with Gasteiger partial charge in [0.1, 0.15) is 22.8 Å². The Morgan fingerprint density at radius 2 is 1.65 bits per heavy atom. The molecule has 4 bridgehead atoms. The van der Waals surface area contributed by atoms with Gasteiger partial charge < -0.3 is 15.0 Å². The van der Waals surface area contributed by atoms with Crippen molar-refractivity contribution in [1.82, 2.24) is 4.90 Å². The number of ether oxygens (including phenoxy) is 1.